The second-order valence-corrected chi connectivity index (χ2v) is 6.28. The molecule has 1 saturated heterocycles. The molecule has 7 heteroatoms. The molecule has 0 saturated carbocycles. The zero-order valence-electron chi connectivity index (χ0n) is 10.3. The average molecular weight is 265 g/mol. The Balaban J connectivity index is 2.42. The van der Waals surface area contributed by atoms with E-state index in [0.717, 1.165) is 12.7 Å². The molecule has 1 rings (SSSR count). The molecule has 6 nitrogen and oxygen atoms in total. The highest BCUT2D eigenvalue weighted by atomic mass is 32.2. The van der Waals surface area contributed by atoms with Crippen molar-refractivity contribution in [2.45, 2.75) is 38.8 Å². The SMILES string of the molecule is CC(C)C[C@@H]1NC(=O)O[C@H]1CCOS(C)(=O)=O. The minimum Gasteiger partial charge on any atom is -0.444 e. The van der Waals surface area contributed by atoms with Crippen LogP contribution in [0.3, 0.4) is 0 Å². The summed E-state index contributed by atoms with van der Waals surface area (Å²) in [5.74, 6) is 0.431. The topological polar surface area (TPSA) is 81.7 Å². The van der Waals surface area contributed by atoms with Crippen LogP contribution in [0, 0.1) is 5.92 Å². The summed E-state index contributed by atoms with van der Waals surface area (Å²) in [5, 5.41) is 2.72. The van der Waals surface area contributed by atoms with Gasteiger partial charge in [0.05, 0.1) is 18.9 Å². The molecule has 1 amide bonds. The highest BCUT2D eigenvalue weighted by Crippen LogP contribution is 2.19. The van der Waals surface area contributed by atoms with Gasteiger partial charge in [0.25, 0.3) is 10.1 Å². The molecule has 0 aromatic carbocycles. The largest absolute Gasteiger partial charge is 0.444 e. The molecule has 1 N–H and O–H groups in total. The Morgan fingerprint density at radius 2 is 2.12 bits per heavy atom. The van der Waals surface area contributed by atoms with Gasteiger partial charge in [0.1, 0.15) is 6.10 Å². The van der Waals surface area contributed by atoms with Crippen molar-refractivity contribution in [2.75, 3.05) is 12.9 Å². The molecular formula is C10H19NO5S. The Morgan fingerprint density at radius 3 is 2.65 bits per heavy atom. The Kier molecular flexibility index (Phi) is 4.76. The molecular weight excluding hydrogens is 246 g/mol. The third-order valence-corrected chi connectivity index (χ3v) is 3.03. The molecule has 1 aliphatic rings. The maximum atomic E-state index is 11.1. The van der Waals surface area contributed by atoms with E-state index in [1.54, 1.807) is 0 Å². The van der Waals surface area contributed by atoms with Gasteiger partial charge < -0.3 is 10.1 Å². The van der Waals surface area contributed by atoms with Crippen LogP contribution < -0.4 is 5.32 Å². The second kappa shape index (κ2) is 5.68. The Morgan fingerprint density at radius 1 is 1.47 bits per heavy atom. The van der Waals surface area contributed by atoms with Crippen molar-refractivity contribution >= 4 is 16.2 Å². The van der Waals surface area contributed by atoms with Gasteiger partial charge in [-0.15, -0.1) is 0 Å². The first-order valence-electron chi connectivity index (χ1n) is 5.59. The van der Waals surface area contributed by atoms with E-state index in [1.165, 1.54) is 0 Å². The number of alkyl carbamates (subject to hydrolysis) is 1. The number of ether oxygens (including phenoxy) is 1. The molecule has 0 aromatic heterocycles. The zero-order chi connectivity index (χ0) is 13.1. The van der Waals surface area contributed by atoms with Crippen molar-refractivity contribution in [3.05, 3.63) is 0 Å². The van der Waals surface area contributed by atoms with Gasteiger partial charge in [0, 0.05) is 6.42 Å². The smallest absolute Gasteiger partial charge is 0.407 e. The van der Waals surface area contributed by atoms with Gasteiger partial charge in [-0.3, -0.25) is 4.18 Å². The van der Waals surface area contributed by atoms with E-state index in [2.05, 4.69) is 23.3 Å². The number of carbonyl (C=O) groups is 1. The van der Waals surface area contributed by atoms with E-state index in [1.807, 2.05) is 0 Å². The van der Waals surface area contributed by atoms with Gasteiger partial charge >= 0.3 is 6.09 Å². The monoisotopic (exact) mass is 265 g/mol. The third-order valence-electron chi connectivity index (χ3n) is 2.44. The Hall–Kier alpha value is -0.820. The maximum absolute atomic E-state index is 11.1. The fraction of sp³-hybridized carbons (Fsp3) is 0.900. The lowest BCUT2D eigenvalue weighted by Gasteiger charge is -2.18. The van der Waals surface area contributed by atoms with E-state index in [-0.39, 0.29) is 18.8 Å². The number of rotatable bonds is 6. The molecule has 1 aliphatic heterocycles. The van der Waals surface area contributed by atoms with Crippen LogP contribution in [0.1, 0.15) is 26.7 Å². The van der Waals surface area contributed by atoms with Crippen molar-refractivity contribution in [3.8, 4) is 0 Å². The predicted molar refractivity (Wildman–Crippen MR) is 62.1 cm³/mol. The van der Waals surface area contributed by atoms with Crippen LogP contribution in [0.25, 0.3) is 0 Å². The van der Waals surface area contributed by atoms with Crippen LogP contribution in [-0.4, -0.2) is 39.5 Å². The van der Waals surface area contributed by atoms with Gasteiger partial charge in [0.2, 0.25) is 0 Å². The van der Waals surface area contributed by atoms with Crippen molar-refractivity contribution < 1.29 is 22.1 Å². The summed E-state index contributed by atoms with van der Waals surface area (Å²) in [6.45, 7) is 4.14. The molecule has 0 unspecified atom stereocenters. The van der Waals surface area contributed by atoms with E-state index >= 15 is 0 Å². The van der Waals surface area contributed by atoms with E-state index in [4.69, 9.17) is 4.74 Å². The molecule has 17 heavy (non-hydrogen) atoms. The van der Waals surface area contributed by atoms with Gasteiger partial charge in [-0.1, -0.05) is 13.8 Å². The lowest BCUT2D eigenvalue weighted by atomic mass is 9.98. The number of hydrogen-bond donors (Lipinski definition) is 1. The second-order valence-electron chi connectivity index (χ2n) is 4.64. The standard InChI is InChI=1S/C10H19NO5S/c1-7(2)6-8-9(16-10(12)11-8)4-5-15-17(3,13)14/h7-9H,4-6H2,1-3H3,(H,11,12)/t8-,9-/m0/s1. The molecule has 0 bridgehead atoms. The maximum Gasteiger partial charge on any atom is 0.407 e. The molecule has 1 heterocycles. The molecule has 2 atom stereocenters. The first kappa shape index (κ1) is 14.2. The minimum absolute atomic E-state index is 0.0348. The predicted octanol–water partition coefficient (Wildman–Crippen LogP) is 0.876. The van der Waals surface area contributed by atoms with Crippen molar-refractivity contribution in [1.29, 1.82) is 0 Å². The normalized spacial score (nSPS) is 24.8. The van der Waals surface area contributed by atoms with Gasteiger partial charge in [-0.05, 0) is 12.3 Å². The lowest BCUT2D eigenvalue weighted by Crippen LogP contribution is -2.33. The number of amides is 1. The first-order chi connectivity index (χ1) is 7.78. The van der Waals surface area contributed by atoms with Gasteiger partial charge in [-0.2, -0.15) is 8.42 Å². The molecule has 1 fully saturated rings. The molecule has 0 spiro atoms. The lowest BCUT2D eigenvalue weighted by molar-refractivity contribution is 0.111. The van der Waals surface area contributed by atoms with Crippen LogP contribution in [0.15, 0.2) is 0 Å². The highest BCUT2D eigenvalue weighted by molar-refractivity contribution is 7.85. The molecule has 0 radical (unpaired) electrons. The molecule has 100 valence electrons. The number of nitrogens with one attached hydrogen (secondary N) is 1. The molecule has 0 aliphatic carbocycles. The van der Waals surface area contributed by atoms with Crippen LogP contribution in [0.4, 0.5) is 4.79 Å². The third kappa shape index (κ3) is 5.36. The van der Waals surface area contributed by atoms with Gasteiger partial charge in [0.15, 0.2) is 0 Å². The fourth-order valence-corrected chi connectivity index (χ4v) is 2.19. The molecule has 0 aromatic rings. The van der Waals surface area contributed by atoms with Crippen LogP contribution in [-0.2, 0) is 19.0 Å². The number of carbonyl (C=O) groups excluding carboxylic acids is 1. The number of hydrogen-bond acceptors (Lipinski definition) is 5. The first-order valence-corrected chi connectivity index (χ1v) is 7.41. The Labute approximate surface area is 102 Å². The van der Waals surface area contributed by atoms with Crippen LogP contribution >= 0.6 is 0 Å². The Bertz CT molecular complexity index is 365. The minimum atomic E-state index is -3.43. The van der Waals surface area contributed by atoms with Crippen molar-refractivity contribution in [1.82, 2.24) is 5.32 Å². The quantitative estimate of drug-likeness (QED) is 0.721. The summed E-state index contributed by atoms with van der Waals surface area (Å²) in [6, 6.07) is -0.0642. The van der Waals surface area contributed by atoms with E-state index < -0.39 is 16.2 Å². The zero-order valence-corrected chi connectivity index (χ0v) is 11.1. The number of cyclic esters (lactones) is 1. The highest BCUT2D eigenvalue weighted by Gasteiger charge is 2.34. The van der Waals surface area contributed by atoms with E-state index in [0.29, 0.717) is 12.3 Å². The summed E-state index contributed by atoms with van der Waals surface area (Å²) >= 11 is 0. The van der Waals surface area contributed by atoms with Gasteiger partial charge in [-0.25, -0.2) is 4.79 Å². The average Bonchev–Trinajstić information content (AvgIpc) is 2.43. The van der Waals surface area contributed by atoms with Crippen molar-refractivity contribution in [3.63, 3.8) is 0 Å². The summed E-state index contributed by atoms with van der Waals surface area (Å²) < 4.78 is 31.3. The fourth-order valence-electron chi connectivity index (χ4n) is 1.79. The van der Waals surface area contributed by atoms with Crippen LogP contribution in [0.5, 0.6) is 0 Å². The van der Waals surface area contributed by atoms with Crippen LogP contribution in [0.2, 0.25) is 0 Å². The van der Waals surface area contributed by atoms with Crippen molar-refractivity contribution in [2.24, 2.45) is 5.92 Å². The van der Waals surface area contributed by atoms with E-state index in [9.17, 15) is 13.2 Å². The summed E-state index contributed by atoms with van der Waals surface area (Å²) in [7, 11) is -3.43. The summed E-state index contributed by atoms with van der Waals surface area (Å²) in [5.41, 5.74) is 0. The summed E-state index contributed by atoms with van der Waals surface area (Å²) in [4.78, 5) is 11.1. The summed E-state index contributed by atoms with van der Waals surface area (Å²) in [6.07, 6.45) is 1.42.